The summed E-state index contributed by atoms with van der Waals surface area (Å²) in [5, 5.41) is 6.34. The van der Waals surface area contributed by atoms with Crippen LogP contribution >= 0.6 is 23.2 Å². The van der Waals surface area contributed by atoms with Crippen LogP contribution in [-0.2, 0) is 4.79 Å². The second-order valence-corrected chi connectivity index (χ2v) is 6.06. The quantitative estimate of drug-likeness (QED) is 0.746. The zero-order valence-corrected chi connectivity index (χ0v) is 14.5. The van der Waals surface area contributed by atoms with Crippen LogP contribution in [0.2, 0.25) is 10.0 Å². The summed E-state index contributed by atoms with van der Waals surface area (Å²) in [7, 11) is 0. The number of halogens is 2. The smallest absolute Gasteiger partial charge is 0.312 e. The van der Waals surface area contributed by atoms with E-state index in [0.717, 1.165) is 5.56 Å². The van der Waals surface area contributed by atoms with Crippen molar-refractivity contribution in [1.29, 1.82) is 0 Å². The molecule has 126 valence electrons. The van der Waals surface area contributed by atoms with Gasteiger partial charge < -0.3 is 16.4 Å². The van der Waals surface area contributed by atoms with Gasteiger partial charge in [0.2, 0.25) is 5.91 Å². The van der Waals surface area contributed by atoms with Gasteiger partial charge in [-0.2, -0.15) is 0 Å². The van der Waals surface area contributed by atoms with E-state index >= 15 is 0 Å². The molecule has 0 aromatic heterocycles. The molecule has 2 aromatic carbocycles. The molecule has 0 spiro atoms. The van der Waals surface area contributed by atoms with E-state index in [1.54, 1.807) is 42.5 Å². The van der Waals surface area contributed by atoms with Crippen molar-refractivity contribution in [2.75, 3.05) is 5.32 Å². The standard InChI is InChI=1S/C17H17Cl2N3O2/c1-10-12(18)7-4-8-14(10)21-16(23)9-15(22-17(20)24)11-5-2-3-6-13(11)19/h2-8,15H,9H2,1H3,(H,21,23)(H3,20,22,24). The number of rotatable bonds is 5. The third-order valence-electron chi connectivity index (χ3n) is 3.53. The second kappa shape index (κ2) is 8.04. The van der Waals surface area contributed by atoms with Gasteiger partial charge in [0.1, 0.15) is 0 Å². The van der Waals surface area contributed by atoms with Crippen LogP contribution in [0.3, 0.4) is 0 Å². The molecule has 0 fully saturated rings. The Morgan fingerprint density at radius 3 is 2.42 bits per heavy atom. The zero-order valence-electron chi connectivity index (χ0n) is 13.0. The maximum Gasteiger partial charge on any atom is 0.312 e. The maximum atomic E-state index is 12.4. The number of anilines is 1. The Hall–Kier alpha value is -2.24. The molecule has 0 saturated carbocycles. The number of benzene rings is 2. The van der Waals surface area contributed by atoms with Crippen LogP contribution < -0.4 is 16.4 Å². The molecule has 2 aromatic rings. The van der Waals surface area contributed by atoms with Crippen LogP contribution in [0.1, 0.15) is 23.6 Å². The minimum absolute atomic E-state index is 0.0153. The molecule has 0 heterocycles. The maximum absolute atomic E-state index is 12.4. The molecule has 0 saturated heterocycles. The van der Waals surface area contributed by atoms with Gasteiger partial charge in [0.15, 0.2) is 0 Å². The Bertz CT molecular complexity index is 765. The number of primary amides is 1. The van der Waals surface area contributed by atoms with Gasteiger partial charge in [-0.3, -0.25) is 4.79 Å². The zero-order chi connectivity index (χ0) is 17.7. The predicted octanol–water partition coefficient (Wildman–Crippen LogP) is 4.04. The van der Waals surface area contributed by atoms with Crippen molar-refractivity contribution in [1.82, 2.24) is 5.32 Å². The summed E-state index contributed by atoms with van der Waals surface area (Å²) in [6.07, 6.45) is -0.0153. The molecule has 0 bridgehead atoms. The van der Waals surface area contributed by atoms with E-state index in [4.69, 9.17) is 28.9 Å². The average Bonchev–Trinajstić information content (AvgIpc) is 2.51. The van der Waals surface area contributed by atoms with Crippen LogP contribution in [0.5, 0.6) is 0 Å². The molecule has 5 nitrogen and oxygen atoms in total. The largest absolute Gasteiger partial charge is 0.352 e. The molecular weight excluding hydrogens is 349 g/mol. The molecule has 0 aliphatic carbocycles. The summed E-state index contributed by atoms with van der Waals surface area (Å²) >= 11 is 12.2. The molecular formula is C17H17Cl2N3O2. The fourth-order valence-electron chi connectivity index (χ4n) is 2.30. The average molecular weight is 366 g/mol. The summed E-state index contributed by atoms with van der Waals surface area (Å²) < 4.78 is 0. The fourth-order valence-corrected chi connectivity index (χ4v) is 2.74. The van der Waals surface area contributed by atoms with Crippen LogP contribution in [0.4, 0.5) is 10.5 Å². The highest BCUT2D eigenvalue weighted by molar-refractivity contribution is 6.32. The number of carbonyl (C=O) groups is 2. The molecule has 3 amide bonds. The number of amides is 3. The van der Waals surface area contributed by atoms with E-state index in [-0.39, 0.29) is 12.3 Å². The Kier molecular flexibility index (Phi) is 6.06. The molecule has 4 N–H and O–H groups in total. The van der Waals surface area contributed by atoms with Crippen molar-refractivity contribution in [3.8, 4) is 0 Å². The van der Waals surface area contributed by atoms with Crippen molar-refractivity contribution >= 4 is 40.8 Å². The van der Waals surface area contributed by atoms with Crippen molar-refractivity contribution in [3.63, 3.8) is 0 Å². The number of hydrogen-bond acceptors (Lipinski definition) is 2. The first-order valence-corrected chi connectivity index (χ1v) is 7.99. The van der Waals surface area contributed by atoms with Crippen LogP contribution in [0, 0.1) is 6.92 Å². The highest BCUT2D eigenvalue weighted by Crippen LogP contribution is 2.27. The van der Waals surface area contributed by atoms with Gasteiger partial charge in [-0.15, -0.1) is 0 Å². The van der Waals surface area contributed by atoms with E-state index < -0.39 is 12.1 Å². The molecule has 1 unspecified atom stereocenters. The topological polar surface area (TPSA) is 84.2 Å². The van der Waals surface area contributed by atoms with Crippen molar-refractivity contribution in [3.05, 3.63) is 63.6 Å². The van der Waals surface area contributed by atoms with E-state index in [9.17, 15) is 9.59 Å². The van der Waals surface area contributed by atoms with Gasteiger partial charge >= 0.3 is 6.03 Å². The Labute approximate surface area is 150 Å². The summed E-state index contributed by atoms with van der Waals surface area (Å²) in [5.41, 5.74) is 7.22. The van der Waals surface area contributed by atoms with E-state index in [1.165, 1.54) is 0 Å². The van der Waals surface area contributed by atoms with Gasteiger partial charge in [-0.25, -0.2) is 4.79 Å². The highest BCUT2D eigenvalue weighted by atomic mass is 35.5. The Balaban J connectivity index is 2.17. The lowest BCUT2D eigenvalue weighted by Crippen LogP contribution is -2.35. The molecule has 0 aliphatic heterocycles. The molecule has 0 radical (unpaired) electrons. The second-order valence-electron chi connectivity index (χ2n) is 5.25. The van der Waals surface area contributed by atoms with Crippen molar-refractivity contribution < 1.29 is 9.59 Å². The normalized spacial score (nSPS) is 11.6. The molecule has 7 heteroatoms. The van der Waals surface area contributed by atoms with E-state index in [0.29, 0.717) is 21.3 Å². The van der Waals surface area contributed by atoms with Crippen LogP contribution in [0.15, 0.2) is 42.5 Å². The van der Waals surface area contributed by atoms with Gasteiger partial charge in [-0.1, -0.05) is 47.5 Å². The third kappa shape index (κ3) is 4.63. The number of urea groups is 1. The molecule has 1 atom stereocenters. The summed E-state index contributed by atoms with van der Waals surface area (Å²) in [6.45, 7) is 1.81. The summed E-state index contributed by atoms with van der Waals surface area (Å²) in [4.78, 5) is 23.6. The minimum Gasteiger partial charge on any atom is -0.352 e. The summed E-state index contributed by atoms with van der Waals surface area (Å²) in [5.74, 6) is -0.293. The number of nitrogens with two attached hydrogens (primary N) is 1. The first-order chi connectivity index (χ1) is 11.4. The Morgan fingerprint density at radius 1 is 1.08 bits per heavy atom. The van der Waals surface area contributed by atoms with Crippen molar-refractivity contribution in [2.45, 2.75) is 19.4 Å². The lowest BCUT2D eigenvalue weighted by Gasteiger charge is -2.19. The Morgan fingerprint density at radius 2 is 1.75 bits per heavy atom. The predicted molar refractivity (Wildman–Crippen MR) is 96.3 cm³/mol. The number of nitrogens with one attached hydrogen (secondary N) is 2. The monoisotopic (exact) mass is 365 g/mol. The van der Waals surface area contributed by atoms with E-state index in [1.807, 2.05) is 6.92 Å². The van der Waals surface area contributed by atoms with Crippen molar-refractivity contribution in [2.24, 2.45) is 5.73 Å². The molecule has 2 rings (SSSR count). The number of hydrogen-bond donors (Lipinski definition) is 3. The van der Waals surface area contributed by atoms with E-state index in [2.05, 4.69) is 10.6 Å². The third-order valence-corrected chi connectivity index (χ3v) is 4.28. The minimum atomic E-state index is -0.730. The highest BCUT2D eigenvalue weighted by Gasteiger charge is 2.20. The SMILES string of the molecule is Cc1c(Cl)cccc1NC(=O)CC(NC(N)=O)c1ccccc1Cl. The lowest BCUT2D eigenvalue weighted by atomic mass is 10.0. The van der Waals surface area contributed by atoms with Gasteiger partial charge in [0.05, 0.1) is 12.5 Å². The van der Waals surface area contributed by atoms with Crippen LogP contribution in [-0.4, -0.2) is 11.9 Å². The van der Waals surface area contributed by atoms with Gasteiger partial charge in [-0.05, 0) is 36.2 Å². The van der Waals surface area contributed by atoms with Gasteiger partial charge in [0, 0.05) is 15.7 Å². The molecule has 24 heavy (non-hydrogen) atoms. The molecule has 0 aliphatic rings. The lowest BCUT2D eigenvalue weighted by molar-refractivity contribution is -0.116. The van der Waals surface area contributed by atoms with Gasteiger partial charge in [0.25, 0.3) is 0 Å². The first-order valence-electron chi connectivity index (χ1n) is 7.24. The number of carbonyl (C=O) groups excluding carboxylic acids is 2. The summed E-state index contributed by atoms with van der Waals surface area (Å²) in [6, 6.07) is 10.9. The van der Waals surface area contributed by atoms with Crippen LogP contribution in [0.25, 0.3) is 0 Å². The first kappa shape index (κ1) is 18.1. The fraction of sp³-hybridized carbons (Fsp3) is 0.176.